The first-order valence-electron chi connectivity index (χ1n) is 9.92. The Bertz CT molecular complexity index is 550. The van der Waals surface area contributed by atoms with Gasteiger partial charge < -0.3 is 19.6 Å². The fourth-order valence-corrected chi connectivity index (χ4v) is 3.25. The molecule has 1 N–H and O–H groups in total. The number of hydrogen-bond acceptors (Lipinski definition) is 5. The second-order valence-corrected chi connectivity index (χ2v) is 7.97. The van der Waals surface area contributed by atoms with Gasteiger partial charge >= 0.3 is 6.03 Å². The lowest BCUT2D eigenvalue weighted by Gasteiger charge is -2.34. The molecule has 1 aliphatic rings. The van der Waals surface area contributed by atoms with E-state index in [4.69, 9.17) is 4.52 Å². The highest BCUT2D eigenvalue weighted by atomic mass is 16.5. The molecule has 1 saturated heterocycles. The third-order valence-corrected chi connectivity index (χ3v) is 5.20. The van der Waals surface area contributed by atoms with Crippen LogP contribution in [0.2, 0.25) is 0 Å². The number of amides is 2. The first kappa shape index (κ1) is 20.7. The predicted molar refractivity (Wildman–Crippen MR) is 102 cm³/mol. The Morgan fingerprint density at radius 3 is 2.58 bits per heavy atom. The number of piperidine rings is 1. The van der Waals surface area contributed by atoms with Crippen LogP contribution >= 0.6 is 0 Å². The van der Waals surface area contributed by atoms with Crippen molar-refractivity contribution in [2.45, 2.75) is 65.3 Å². The third kappa shape index (κ3) is 6.27. The van der Waals surface area contributed by atoms with Gasteiger partial charge in [-0.15, -0.1) is 0 Å². The highest BCUT2D eigenvalue weighted by Gasteiger charge is 2.21. The molecule has 2 heterocycles. The van der Waals surface area contributed by atoms with Gasteiger partial charge in [0.1, 0.15) is 0 Å². The zero-order valence-electron chi connectivity index (χ0n) is 17.0. The van der Waals surface area contributed by atoms with Crippen molar-refractivity contribution in [3.8, 4) is 0 Å². The number of hydrogen-bond donors (Lipinski definition) is 1. The maximum Gasteiger partial charge on any atom is 0.317 e. The van der Waals surface area contributed by atoms with E-state index < -0.39 is 0 Å². The molecule has 148 valence electrons. The van der Waals surface area contributed by atoms with E-state index in [2.05, 4.69) is 34.2 Å². The molecule has 2 amide bonds. The van der Waals surface area contributed by atoms with E-state index >= 15 is 0 Å². The zero-order valence-corrected chi connectivity index (χ0v) is 17.0. The molecule has 0 aliphatic carbocycles. The lowest BCUT2D eigenvalue weighted by Crippen LogP contribution is -2.41. The molecule has 7 heteroatoms. The van der Waals surface area contributed by atoms with Crippen molar-refractivity contribution < 1.29 is 9.32 Å². The van der Waals surface area contributed by atoms with Crippen LogP contribution in [0.1, 0.15) is 64.6 Å². The number of likely N-dealkylation sites (tertiary alicyclic amines) is 1. The standard InChI is InChI=1S/C19H35N5O2/c1-14(2)18-21-17(22-26-18)9-11-23(5)19(25)20-10-6-16-7-12-24(13-8-16)15(3)4/h14-16H,6-13H2,1-5H3,(H,20,25). The number of aromatic nitrogens is 2. The van der Waals surface area contributed by atoms with Gasteiger partial charge in [-0.1, -0.05) is 19.0 Å². The van der Waals surface area contributed by atoms with Gasteiger partial charge in [0.25, 0.3) is 0 Å². The van der Waals surface area contributed by atoms with E-state index in [1.165, 1.54) is 25.9 Å². The second-order valence-electron chi connectivity index (χ2n) is 7.97. The number of rotatable bonds is 8. The summed E-state index contributed by atoms with van der Waals surface area (Å²) >= 11 is 0. The summed E-state index contributed by atoms with van der Waals surface area (Å²) in [5.74, 6) is 2.26. The molecule has 0 saturated carbocycles. The average Bonchev–Trinajstić information content (AvgIpc) is 3.09. The van der Waals surface area contributed by atoms with Crippen molar-refractivity contribution in [2.24, 2.45) is 5.92 Å². The Morgan fingerprint density at radius 2 is 2.00 bits per heavy atom. The Hall–Kier alpha value is -1.63. The summed E-state index contributed by atoms with van der Waals surface area (Å²) in [6.07, 6.45) is 4.14. The quantitative estimate of drug-likeness (QED) is 0.767. The van der Waals surface area contributed by atoms with Gasteiger partial charge in [0.05, 0.1) is 0 Å². The fourth-order valence-electron chi connectivity index (χ4n) is 3.25. The summed E-state index contributed by atoms with van der Waals surface area (Å²) in [5.41, 5.74) is 0. The van der Waals surface area contributed by atoms with Crippen molar-refractivity contribution in [1.29, 1.82) is 0 Å². The molecule has 0 radical (unpaired) electrons. The molecule has 1 aliphatic heterocycles. The van der Waals surface area contributed by atoms with Crippen molar-refractivity contribution in [1.82, 2.24) is 25.3 Å². The number of likely N-dealkylation sites (N-methyl/N-ethyl adjacent to an activating group) is 1. The SMILES string of the molecule is CC(C)c1nc(CCN(C)C(=O)NCCC2CCN(C(C)C)CC2)no1. The molecule has 0 spiro atoms. The zero-order chi connectivity index (χ0) is 19.1. The average molecular weight is 366 g/mol. The van der Waals surface area contributed by atoms with E-state index in [9.17, 15) is 4.79 Å². The van der Waals surface area contributed by atoms with E-state index in [1.807, 2.05) is 13.8 Å². The van der Waals surface area contributed by atoms with Crippen LogP contribution in [0.25, 0.3) is 0 Å². The molecule has 0 aromatic carbocycles. The van der Waals surface area contributed by atoms with E-state index in [0.717, 1.165) is 18.9 Å². The van der Waals surface area contributed by atoms with E-state index in [0.29, 0.717) is 30.7 Å². The van der Waals surface area contributed by atoms with Crippen LogP contribution in [0.15, 0.2) is 4.52 Å². The number of nitrogens with zero attached hydrogens (tertiary/aromatic N) is 4. The molecule has 0 bridgehead atoms. The summed E-state index contributed by atoms with van der Waals surface area (Å²) in [4.78, 5) is 20.8. The van der Waals surface area contributed by atoms with Crippen molar-refractivity contribution in [3.05, 3.63) is 11.7 Å². The van der Waals surface area contributed by atoms with E-state index in [1.54, 1.807) is 11.9 Å². The third-order valence-electron chi connectivity index (χ3n) is 5.20. The lowest BCUT2D eigenvalue weighted by atomic mass is 9.93. The van der Waals surface area contributed by atoms with Gasteiger partial charge in [-0.25, -0.2) is 4.79 Å². The largest absolute Gasteiger partial charge is 0.339 e. The molecule has 1 aromatic heterocycles. The van der Waals surface area contributed by atoms with Gasteiger partial charge in [-0.3, -0.25) is 0 Å². The van der Waals surface area contributed by atoms with E-state index in [-0.39, 0.29) is 11.9 Å². The van der Waals surface area contributed by atoms with Crippen molar-refractivity contribution in [3.63, 3.8) is 0 Å². The van der Waals surface area contributed by atoms with Gasteiger partial charge in [0, 0.05) is 38.5 Å². The van der Waals surface area contributed by atoms with Crippen LogP contribution in [-0.4, -0.2) is 65.2 Å². The summed E-state index contributed by atoms with van der Waals surface area (Å²) in [5, 5.41) is 6.99. The van der Waals surface area contributed by atoms with Crippen molar-refractivity contribution >= 4 is 6.03 Å². The van der Waals surface area contributed by atoms with Gasteiger partial charge in [-0.2, -0.15) is 4.98 Å². The van der Waals surface area contributed by atoms with Gasteiger partial charge in [-0.05, 0) is 52.1 Å². The summed E-state index contributed by atoms with van der Waals surface area (Å²) in [6, 6.07) is 0.609. The van der Waals surface area contributed by atoms with Crippen LogP contribution in [0.4, 0.5) is 4.79 Å². The molecular weight excluding hydrogens is 330 g/mol. The molecule has 0 atom stereocenters. The summed E-state index contributed by atoms with van der Waals surface area (Å²) < 4.78 is 5.19. The number of nitrogens with one attached hydrogen (secondary N) is 1. The van der Waals surface area contributed by atoms with Crippen LogP contribution < -0.4 is 5.32 Å². The van der Waals surface area contributed by atoms with Crippen LogP contribution in [0, 0.1) is 5.92 Å². The highest BCUT2D eigenvalue weighted by Crippen LogP contribution is 2.21. The Labute approximate surface area is 157 Å². The van der Waals surface area contributed by atoms with Crippen molar-refractivity contribution in [2.75, 3.05) is 33.2 Å². The summed E-state index contributed by atoms with van der Waals surface area (Å²) in [6.45, 7) is 12.2. The minimum atomic E-state index is -0.0304. The predicted octanol–water partition coefficient (Wildman–Crippen LogP) is 2.89. The number of urea groups is 1. The van der Waals surface area contributed by atoms with Crippen LogP contribution in [-0.2, 0) is 6.42 Å². The molecule has 7 nitrogen and oxygen atoms in total. The number of carbonyl (C=O) groups is 1. The number of carbonyl (C=O) groups excluding carboxylic acids is 1. The molecule has 0 unspecified atom stereocenters. The van der Waals surface area contributed by atoms with Crippen LogP contribution in [0.5, 0.6) is 0 Å². The highest BCUT2D eigenvalue weighted by molar-refractivity contribution is 5.73. The Kier molecular flexibility index (Phi) is 7.87. The maximum atomic E-state index is 12.2. The monoisotopic (exact) mass is 365 g/mol. The minimum absolute atomic E-state index is 0.0304. The van der Waals surface area contributed by atoms with Crippen LogP contribution in [0.3, 0.4) is 0 Å². The van der Waals surface area contributed by atoms with Gasteiger partial charge in [0.15, 0.2) is 5.82 Å². The molecular formula is C19H35N5O2. The molecule has 1 aromatic rings. The minimum Gasteiger partial charge on any atom is -0.339 e. The molecule has 1 fully saturated rings. The van der Waals surface area contributed by atoms with Gasteiger partial charge in [0.2, 0.25) is 5.89 Å². The maximum absolute atomic E-state index is 12.2. The first-order chi connectivity index (χ1) is 12.4. The summed E-state index contributed by atoms with van der Waals surface area (Å²) in [7, 11) is 1.81. The normalized spacial score (nSPS) is 16.4. The Morgan fingerprint density at radius 1 is 1.31 bits per heavy atom. The smallest absolute Gasteiger partial charge is 0.317 e. The second kappa shape index (κ2) is 9.90. The lowest BCUT2D eigenvalue weighted by molar-refractivity contribution is 0.145. The molecule has 26 heavy (non-hydrogen) atoms. The topological polar surface area (TPSA) is 74.5 Å². The fraction of sp³-hybridized carbons (Fsp3) is 0.842. The first-order valence-corrected chi connectivity index (χ1v) is 9.92. The molecule has 2 rings (SSSR count). The Balaban J connectivity index is 1.61.